The molecule has 1 amide bonds. The zero-order chi connectivity index (χ0) is 12.8. The number of benzene rings is 1. The van der Waals surface area contributed by atoms with Gasteiger partial charge in [-0.25, -0.2) is 8.78 Å². The fourth-order valence-corrected chi connectivity index (χ4v) is 1.39. The molecule has 0 aliphatic rings. The first-order valence-electron chi connectivity index (χ1n) is 5.19. The molecule has 0 heterocycles. The lowest BCUT2D eigenvalue weighted by Crippen LogP contribution is -2.33. The van der Waals surface area contributed by atoms with Gasteiger partial charge in [-0.2, -0.15) is 0 Å². The molecular formula is C13H13F2NO. The van der Waals surface area contributed by atoms with E-state index in [4.69, 9.17) is 6.42 Å². The standard InChI is InChI=1S/C13H13F2NO/c1-3-4-9(2)16-13(17)8-10-5-6-11(14)12(15)7-10/h1,5-7,9H,4,8H2,2H3,(H,16,17). The molecule has 0 aliphatic carbocycles. The van der Waals surface area contributed by atoms with E-state index >= 15 is 0 Å². The molecule has 0 radical (unpaired) electrons. The van der Waals surface area contributed by atoms with Gasteiger partial charge < -0.3 is 5.32 Å². The smallest absolute Gasteiger partial charge is 0.224 e. The van der Waals surface area contributed by atoms with E-state index in [1.165, 1.54) is 6.07 Å². The largest absolute Gasteiger partial charge is 0.352 e. The second kappa shape index (κ2) is 6.00. The third kappa shape index (κ3) is 4.23. The van der Waals surface area contributed by atoms with Crippen molar-refractivity contribution in [2.45, 2.75) is 25.8 Å². The number of halogens is 2. The molecule has 1 aromatic carbocycles. The van der Waals surface area contributed by atoms with E-state index in [1.807, 2.05) is 0 Å². The summed E-state index contributed by atoms with van der Waals surface area (Å²) in [5.41, 5.74) is 0.425. The summed E-state index contributed by atoms with van der Waals surface area (Å²) < 4.78 is 25.5. The van der Waals surface area contributed by atoms with Crippen molar-refractivity contribution in [2.24, 2.45) is 0 Å². The average Bonchev–Trinajstić information content (AvgIpc) is 2.23. The Bertz CT molecular complexity index is 451. The number of amides is 1. The predicted molar refractivity (Wildman–Crippen MR) is 61.1 cm³/mol. The number of hydrogen-bond acceptors (Lipinski definition) is 1. The average molecular weight is 237 g/mol. The van der Waals surface area contributed by atoms with Gasteiger partial charge in [-0.15, -0.1) is 12.3 Å². The predicted octanol–water partition coefficient (Wildman–Crippen LogP) is 2.04. The summed E-state index contributed by atoms with van der Waals surface area (Å²) in [7, 11) is 0. The molecule has 0 bridgehead atoms. The van der Waals surface area contributed by atoms with Gasteiger partial charge in [0.05, 0.1) is 6.42 Å². The lowest BCUT2D eigenvalue weighted by atomic mass is 10.1. The van der Waals surface area contributed by atoms with E-state index in [0.717, 1.165) is 12.1 Å². The first kappa shape index (κ1) is 13.2. The highest BCUT2D eigenvalue weighted by atomic mass is 19.2. The fraction of sp³-hybridized carbons (Fsp3) is 0.308. The second-order valence-corrected chi connectivity index (χ2v) is 3.80. The lowest BCUT2D eigenvalue weighted by Gasteiger charge is -2.10. The summed E-state index contributed by atoms with van der Waals surface area (Å²) in [5.74, 6) is 0.291. The molecule has 0 saturated heterocycles. The highest BCUT2D eigenvalue weighted by molar-refractivity contribution is 5.78. The third-order valence-electron chi connectivity index (χ3n) is 2.18. The van der Waals surface area contributed by atoms with Crippen LogP contribution < -0.4 is 5.32 Å². The topological polar surface area (TPSA) is 29.1 Å². The van der Waals surface area contributed by atoms with Gasteiger partial charge in [0.25, 0.3) is 0 Å². The van der Waals surface area contributed by atoms with Crippen LogP contribution in [0.1, 0.15) is 18.9 Å². The van der Waals surface area contributed by atoms with Gasteiger partial charge in [-0.1, -0.05) is 6.07 Å². The van der Waals surface area contributed by atoms with E-state index in [2.05, 4.69) is 11.2 Å². The number of rotatable bonds is 4. The zero-order valence-electron chi connectivity index (χ0n) is 9.47. The Kier molecular flexibility index (Phi) is 4.65. The quantitative estimate of drug-likeness (QED) is 0.798. The fourth-order valence-electron chi connectivity index (χ4n) is 1.39. The van der Waals surface area contributed by atoms with Crippen LogP contribution in [0.5, 0.6) is 0 Å². The Labute approximate surface area is 99.0 Å². The van der Waals surface area contributed by atoms with Crippen molar-refractivity contribution in [3.8, 4) is 12.3 Å². The van der Waals surface area contributed by atoms with Gasteiger partial charge in [0.2, 0.25) is 5.91 Å². The van der Waals surface area contributed by atoms with Crippen molar-refractivity contribution < 1.29 is 13.6 Å². The zero-order valence-corrected chi connectivity index (χ0v) is 9.47. The molecule has 90 valence electrons. The number of nitrogens with one attached hydrogen (secondary N) is 1. The monoisotopic (exact) mass is 237 g/mol. The van der Waals surface area contributed by atoms with E-state index in [1.54, 1.807) is 6.92 Å². The minimum Gasteiger partial charge on any atom is -0.352 e. The van der Waals surface area contributed by atoms with E-state index < -0.39 is 11.6 Å². The van der Waals surface area contributed by atoms with Gasteiger partial charge in [-0.3, -0.25) is 4.79 Å². The maximum atomic E-state index is 12.9. The van der Waals surface area contributed by atoms with Crippen molar-refractivity contribution in [1.82, 2.24) is 5.32 Å². The highest BCUT2D eigenvalue weighted by Crippen LogP contribution is 2.09. The molecule has 4 heteroatoms. The molecule has 1 rings (SSSR count). The summed E-state index contributed by atoms with van der Waals surface area (Å²) in [5, 5.41) is 2.67. The summed E-state index contributed by atoms with van der Waals surface area (Å²) >= 11 is 0. The minimum absolute atomic E-state index is 0.00606. The Morgan fingerprint density at radius 2 is 2.18 bits per heavy atom. The minimum atomic E-state index is -0.952. The summed E-state index contributed by atoms with van der Waals surface area (Å²) in [4.78, 5) is 11.5. The maximum Gasteiger partial charge on any atom is 0.224 e. The van der Waals surface area contributed by atoms with Crippen molar-refractivity contribution in [2.75, 3.05) is 0 Å². The Morgan fingerprint density at radius 1 is 1.47 bits per heavy atom. The molecule has 0 aliphatic heterocycles. The van der Waals surface area contributed by atoms with Crippen molar-refractivity contribution in [3.63, 3.8) is 0 Å². The molecule has 1 unspecified atom stereocenters. The molecule has 0 fully saturated rings. The van der Waals surface area contributed by atoms with Crippen LogP contribution >= 0.6 is 0 Å². The number of hydrogen-bond donors (Lipinski definition) is 1. The second-order valence-electron chi connectivity index (χ2n) is 3.80. The molecule has 2 nitrogen and oxygen atoms in total. The van der Waals surface area contributed by atoms with Crippen molar-refractivity contribution in [3.05, 3.63) is 35.4 Å². The van der Waals surface area contributed by atoms with Crippen molar-refractivity contribution >= 4 is 5.91 Å². The molecular weight excluding hydrogens is 224 g/mol. The summed E-state index contributed by atoms with van der Waals surface area (Å²) in [6.07, 6.45) is 5.54. The Balaban J connectivity index is 2.57. The van der Waals surface area contributed by atoms with Crippen LogP contribution in [0.4, 0.5) is 8.78 Å². The lowest BCUT2D eigenvalue weighted by molar-refractivity contribution is -0.121. The Morgan fingerprint density at radius 3 is 2.76 bits per heavy atom. The summed E-state index contributed by atoms with van der Waals surface area (Å²) in [6, 6.07) is 3.27. The van der Waals surface area contributed by atoms with Crippen LogP contribution in [0.15, 0.2) is 18.2 Å². The SMILES string of the molecule is C#CCC(C)NC(=O)Cc1ccc(F)c(F)c1. The van der Waals surface area contributed by atoms with Gasteiger partial charge in [-0.05, 0) is 24.6 Å². The first-order chi connectivity index (χ1) is 8.02. The normalized spacial score (nSPS) is 11.6. The Hall–Kier alpha value is -1.89. The van der Waals surface area contributed by atoms with Crippen LogP contribution in [0, 0.1) is 24.0 Å². The number of terminal acetylenes is 1. The molecule has 0 saturated carbocycles. The molecule has 1 aromatic rings. The van der Waals surface area contributed by atoms with Gasteiger partial charge in [0.15, 0.2) is 11.6 Å². The third-order valence-corrected chi connectivity index (χ3v) is 2.18. The van der Waals surface area contributed by atoms with Crippen LogP contribution in [-0.2, 0) is 11.2 Å². The van der Waals surface area contributed by atoms with Gasteiger partial charge in [0.1, 0.15) is 0 Å². The maximum absolute atomic E-state index is 12.9. The number of carbonyl (C=O) groups excluding carboxylic acids is 1. The van der Waals surface area contributed by atoms with Crippen LogP contribution in [0.25, 0.3) is 0 Å². The highest BCUT2D eigenvalue weighted by Gasteiger charge is 2.09. The molecule has 1 atom stereocenters. The van der Waals surface area contributed by atoms with Gasteiger partial charge >= 0.3 is 0 Å². The van der Waals surface area contributed by atoms with E-state index in [9.17, 15) is 13.6 Å². The number of carbonyl (C=O) groups is 1. The first-order valence-corrected chi connectivity index (χ1v) is 5.19. The van der Waals surface area contributed by atoms with Gasteiger partial charge in [0, 0.05) is 12.5 Å². The van der Waals surface area contributed by atoms with Crippen LogP contribution in [0.3, 0.4) is 0 Å². The molecule has 0 spiro atoms. The molecule has 17 heavy (non-hydrogen) atoms. The van der Waals surface area contributed by atoms with Crippen molar-refractivity contribution in [1.29, 1.82) is 0 Å². The molecule has 1 N–H and O–H groups in total. The summed E-state index contributed by atoms with van der Waals surface area (Å²) in [6.45, 7) is 1.78. The van der Waals surface area contributed by atoms with E-state index in [0.29, 0.717) is 12.0 Å². The van der Waals surface area contributed by atoms with Crippen LogP contribution in [-0.4, -0.2) is 11.9 Å². The molecule has 0 aromatic heterocycles. The van der Waals surface area contributed by atoms with Crippen LogP contribution in [0.2, 0.25) is 0 Å². The van der Waals surface area contributed by atoms with E-state index in [-0.39, 0.29) is 18.4 Å².